The van der Waals surface area contributed by atoms with Gasteiger partial charge in [0.05, 0.1) is 7.11 Å². The van der Waals surface area contributed by atoms with Crippen molar-refractivity contribution in [2.24, 2.45) is 0 Å². The molecule has 1 rings (SSSR count). The highest BCUT2D eigenvalue weighted by atomic mass is 16.5. The Morgan fingerprint density at radius 1 is 1.64 bits per heavy atom. The third-order valence-corrected chi connectivity index (χ3v) is 1.53. The molecule has 0 aliphatic carbocycles. The van der Waals surface area contributed by atoms with Crippen LogP contribution in [0.2, 0.25) is 0 Å². The average Bonchev–Trinajstić information content (AvgIpc) is 2.69. The summed E-state index contributed by atoms with van der Waals surface area (Å²) in [6, 6.07) is -0.711. The van der Waals surface area contributed by atoms with Crippen molar-refractivity contribution in [2.75, 3.05) is 7.11 Å². The van der Waals surface area contributed by atoms with E-state index in [9.17, 15) is 9.59 Å². The van der Waals surface area contributed by atoms with Crippen LogP contribution in [-0.2, 0) is 9.53 Å². The minimum atomic E-state index is -0.711. The van der Waals surface area contributed by atoms with Gasteiger partial charge >= 0.3 is 5.97 Å². The molecule has 1 amide bonds. The lowest BCUT2D eigenvalue weighted by Gasteiger charge is -2.09. The fourth-order valence-electron chi connectivity index (χ4n) is 0.816. The SMILES string of the molecule is COC(=O)[C@H](C)NC(=O)c1ncn[nH]1. The highest BCUT2D eigenvalue weighted by molar-refractivity contribution is 5.93. The third kappa shape index (κ3) is 2.28. The number of methoxy groups -OCH3 is 1. The van der Waals surface area contributed by atoms with Gasteiger partial charge in [-0.3, -0.25) is 9.89 Å². The summed E-state index contributed by atoms with van der Waals surface area (Å²) in [5, 5.41) is 8.26. The molecule has 0 fully saturated rings. The number of amides is 1. The Labute approximate surface area is 79.9 Å². The van der Waals surface area contributed by atoms with Gasteiger partial charge in [0.1, 0.15) is 12.4 Å². The predicted octanol–water partition coefficient (Wildman–Crippen LogP) is -0.904. The Balaban J connectivity index is 2.53. The molecule has 0 aromatic carbocycles. The number of carbonyl (C=O) groups excluding carboxylic acids is 2. The van der Waals surface area contributed by atoms with Crippen LogP contribution in [0.5, 0.6) is 0 Å². The number of aromatic amines is 1. The van der Waals surface area contributed by atoms with E-state index >= 15 is 0 Å². The smallest absolute Gasteiger partial charge is 0.328 e. The summed E-state index contributed by atoms with van der Waals surface area (Å²) in [5.41, 5.74) is 0. The summed E-state index contributed by atoms with van der Waals surface area (Å²) in [6.07, 6.45) is 1.21. The standard InChI is InChI=1S/C7H10N4O3/c1-4(7(13)14-2)10-6(12)5-8-3-9-11-5/h3-4H,1-2H3,(H,10,12)(H,8,9,11)/t4-/m0/s1. The van der Waals surface area contributed by atoms with Crippen molar-refractivity contribution in [3.05, 3.63) is 12.2 Å². The molecule has 76 valence electrons. The monoisotopic (exact) mass is 198 g/mol. The van der Waals surface area contributed by atoms with E-state index in [4.69, 9.17) is 0 Å². The summed E-state index contributed by atoms with van der Waals surface area (Å²) in [5.74, 6) is -0.959. The molecular formula is C7H10N4O3. The van der Waals surface area contributed by atoms with E-state index in [0.29, 0.717) is 0 Å². The predicted molar refractivity (Wildman–Crippen MR) is 45.3 cm³/mol. The molecule has 14 heavy (non-hydrogen) atoms. The Morgan fingerprint density at radius 2 is 2.36 bits per heavy atom. The minimum absolute atomic E-state index is 0.0563. The van der Waals surface area contributed by atoms with Crippen molar-refractivity contribution >= 4 is 11.9 Å². The first-order valence-corrected chi connectivity index (χ1v) is 3.89. The quantitative estimate of drug-likeness (QED) is 0.613. The molecule has 1 atom stereocenters. The zero-order valence-electron chi connectivity index (χ0n) is 7.77. The maximum Gasteiger partial charge on any atom is 0.328 e. The number of H-pyrrole nitrogens is 1. The molecule has 1 heterocycles. The molecule has 1 aromatic rings. The molecule has 0 aliphatic rings. The van der Waals surface area contributed by atoms with E-state index in [-0.39, 0.29) is 5.82 Å². The summed E-state index contributed by atoms with van der Waals surface area (Å²) in [4.78, 5) is 25.8. The molecule has 0 bridgehead atoms. The van der Waals surface area contributed by atoms with Crippen LogP contribution >= 0.6 is 0 Å². The zero-order chi connectivity index (χ0) is 10.6. The van der Waals surface area contributed by atoms with Crippen LogP contribution < -0.4 is 5.32 Å². The number of esters is 1. The van der Waals surface area contributed by atoms with Gasteiger partial charge in [0.2, 0.25) is 5.82 Å². The minimum Gasteiger partial charge on any atom is -0.467 e. The molecule has 0 unspecified atom stereocenters. The van der Waals surface area contributed by atoms with Gasteiger partial charge in [-0.2, -0.15) is 5.10 Å². The van der Waals surface area contributed by atoms with Crippen molar-refractivity contribution in [1.82, 2.24) is 20.5 Å². The molecule has 0 aliphatic heterocycles. The maximum absolute atomic E-state index is 11.3. The van der Waals surface area contributed by atoms with Crippen molar-refractivity contribution in [3.63, 3.8) is 0 Å². The van der Waals surface area contributed by atoms with Crippen LogP contribution in [0.25, 0.3) is 0 Å². The van der Waals surface area contributed by atoms with Gasteiger partial charge in [-0.25, -0.2) is 9.78 Å². The van der Waals surface area contributed by atoms with Gasteiger partial charge in [-0.05, 0) is 6.92 Å². The van der Waals surface area contributed by atoms with Crippen LogP contribution in [0.4, 0.5) is 0 Å². The lowest BCUT2D eigenvalue weighted by Crippen LogP contribution is -2.39. The fourth-order valence-corrected chi connectivity index (χ4v) is 0.816. The second-order valence-corrected chi connectivity index (χ2v) is 2.55. The zero-order valence-corrected chi connectivity index (χ0v) is 7.77. The number of aromatic nitrogens is 3. The number of carbonyl (C=O) groups is 2. The molecule has 1 aromatic heterocycles. The first-order chi connectivity index (χ1) is 6.65. The second-order valence-electron chi connectivity index (χ2n) is 2.55. The van der Waals surface area contributed by atoms with Gasteiger partial charge in [0, 0.05) is 0 Å². The Hall–Kier alpha value is -1.92. The first kappa shape index (κ1) is 10.2. The van der Waals surface area contributed by atoms with E-state index in [0.717, 1.165) is 0 Å². The molecule has 0 saturated carbocycles. The van der Waals surface area contributed by atoms with Crippen molar-refractivity contribution < 1.29 is 14.3 Å². The number of nitrogens with one attached hydrogen (secondary N) is 2. The van der Waals surface area contributed by atoms with Gasteiger partial charge in [0.25, 0.3) is 5.91 Å². The fraction of sp³-hybridized carbons (Fsp3) is 0.429. The Morgan fingerprint density at radius 3 is 2.86 bits per heavy atom. The highest BCUT2D eigenvalue weighted by Gasteiger charge is 2.17. The lowest BCUT2D eigenvalue weighted by atomic mass is 10.3. The first-order valence-electron chi connectivity index (χ1n) is 3.89. The number of rotatable bonds is 3. The van der Waals surface area contributed by atoms with Gasteiger partial charge < -0.3 is 10.1 Å². The number of nitrogens with zero attached hydrogens (tertiary/aromatic N) is 2. The largest absolute Gasteiger partial charge is 0.467 e. The topological polar surface area (TPSA) is 97.0 Å². The normalized spacial score (nSPS) is 11.9. The van der Waals surface area contributed by atoms with E-state index in [1.165, 1.54) is 20.4 Å². The number of hydrogen-bond acceptors (Lipinski definition) is 5. The van der Waals surface area contributed by atoms with E-state index in [2.05, 4.69) is 25.2 Å². The van der Waals surface area contributed by atoms with Crippen molar-refractivity contribution in [3.8, 4) is 0 Å². The van der Waals surface area contributed by atoms with E-state index in [1.54, 1.807) is 0 Å². The van der Waals surface area contributed by atoms with Crippen LogP contribution in [-0.4, -0.2) is 40.2 Å². The van der Waals surface area contributed by atoms with Gasteiger partial charge in [-0.15, -0.1) is 0 Å². The highest BCUT2D eigenvalue weighted by Crippen LogP contribution is 1.90. The van der Waals surface area contributed by atoms with Crippen molar-refractivity contribution in [2.45, 2.75) is 13.0 Å². The molecule has 2 N–H and O–H groups in total. The maximum atomic E-state index is 11.3. The van der Waals surface area contributed by atoms with E-state index < -0.39 is 17.9 Å². The molecule has 0 radical (unpaired) electrons. The summed E-state index contributed by atoms with van der Waals surface area (Å²) >= 11 is 0. The van der Waals surface area contributed by atoms with Crippen LogP contribution in [0.1, 0.15) is 17.5 Å². The summed E-state index contributed by atoms with van der Waals surface area (Å²) < 4.78 is 4.43. The summed E-state index contributed by atoms with van der Waals surface area (Å²) in [7, 11) is 1.25. The summed E-state index contributed by atoms with van der Waals surface area (Å²) in [6.45, 7) is 1.51. The average molecular weight is 198 g/mol. The number of ether oxygens (including phenoxy) is 1. The molecule has 0 spiro atoms. The Bertz CT molecular complexity index is 322. The number of hydrogen-bond donors (Lipinski definition) is 2. The van der Waals surface area contributed by atoms with Crippen molar-refractivity contribution in [1.29, 1.82) is 0 Å². The van der Waals surface area contributed by atoms with Gasteiger partial charge in [-0.1, -0.05) is 0 Å². The Kier molecular flexibility index (Phi) is 3.16. The third-order valence-electron chi connectivity index (χ3n) is 1.53. The molecule has 7 nitrogen and oxygen atoms in total. The molecule has 7 heteroatoms. The van der Waals surface area contributed by atoms with Gasteiger partial charge in [0.15, 0.2) is 0 Å². The van der Waals surface area contributed by atoms with Crippen LogP contribution in [0.3, 0.4) is 0 Å². The lowest BCUT2D eigenvalue weighted by molar-refractivity contribution is -0.142. The molecule has 0 saturated heterocycles. The molecular weight excluding hydrogens is 188 g/mol. The van der Waals surface area contributed by atoms with Crippen LogP contribution in [0.15, 0.2) is 6.33 Å². The van der Waals surface area contributed by atoms with Crippen LogP contribution in [0, 0.1) is 0 Å². The van der Waals surface area contributed by atoms with E-state index in [1.807, 2.05) is 0 Å². The second kappa shape index (κ2) is 4.35.